The third-order valence-electron chi connectivity index (χ3n) is 4.21. The molecule has 0 radical (unpaired) electrons. The molecular weight excluding hydrogens is 334 g/mol. The standard InChI is InChI=1S/C20H25NO2.C4H10/c1-3-4-13-21-19-12-11-18(20(14-19)23-2)10-9-16-5-7-17(15-22)8-6-16;1-3-4-2/h5-12,14,21-22H,3-4,13,15H2,1-2H3;3-4H2,1-2H3/b10-9+;. The lowest BCUT2D eigenvalue weighted by atomic mass is 10.1. The SMILES string of the molecule is CCCC.CCCCNc1ccc(/C=C/c2ccc(CO)cc2)c(OC)c1. The van der Waals surface area contributed by atoms with Gasteiger partial charge in [-0.1, -0.05) is 76.5 Å². The number of benzene rings is 2. The lowest BCUT2D eigenvalue weighted by Gasteiger charge is -2.10. The van der Waals surface area contributed by atoms with Crippen molar-refractivity contribution in [1.29, 1.82) is 0 Å². The first-order valence-electron chi connectivity index (χ1n) is 9.98. The molecule has 0 bridgehead atoms. The maximum Gasteiger partial charge on any atom is 0.128 e. The van der Waals surface area contributed by atoms with Crippen molar-refractivity contribution in [2.45, 2.75) is 53.1 Å². The predicted octanol–water partition coefficient (Wildman–Crippen LogP) is 6.38. The molecule has 0 fully saturated rings. The highest BCUT2D eigenvalue weighted by Crippen LogP contribution is 2.25. The van der Waals surface area contributed by atoms with Gasteiger partial charge in [-0.3, -0.25) is 0 Å². The van der Waals surface area contributed by atoms with Crippen LogP contribution in [0, 0.1) is 0 Å². The number of nitrogens with one attached hydrogen (secondary N) is 1. The van der Waals surface area contributed by atoms with E-state index in [1.54, 1.807) is 7.11 Å². The summed E-state index contributed by atoms with van der Waals surface area (Å²) in [4.78, 5) is 0. The maximum absolute atomic E-state index is 9.07. The highest BCUT2D eigenvalue weighted by atomic mass is 16.5. The number of unbranched alkanes of at least 4 members (excludes halogenated alkanes) is 2. The number of anilines is 1. The summed E-state index contributed by atoms with van der Waals surface area (Å²) in [5.74, 6) is 0.856. The van der Waals surface area contributed by atoms with E-state index in [0.29, 0.717) is 0 Å². The summed E-state index contributed by atoms with van der Waals surface area (Å²) >= 11 is 0. The Labute approximate surface area is 165 Å². The first kappa shape index (κ1) is 22.8. The summed E-state index contributed by atoms with van der Waals surface area (Å²) in [5, 5.41) is 12.5. The van der Waals surface area contributed by atoms with Crippen LogP contribution in [0.2, 0.25) is 0 Å². The fourth-order valence-electron chi connectivity index (χ4n) is 2.29. The van der Waals surface area contributed by atoms with E-state index in [4.69, 9.17) is 9.84 Å². The molecule has 0 aromatic heterocycles. The van der Waals surface area contributed by atoms with Crippen molar-refractivity contribution in [3.63, 3.8) is 0 Å². The monoisotopic (exact) mass is 369 g/mol. The van der Waals surface area contributed by atoms with Crippen molar-refractivity contribution in [2.24, 2.45) is 0 Å². The summed E-state index contributed by atoms with van der Waals surface area (Å²) in [6.45, 7) is 7.60. The number of methoxy groups -OCH3 is 1. The van der Waals surface area contributed by atoms with Crippen LogP contribution in [-0.2, 0) is 6.61 Å². The summed E-state index contributed by atoms with van der Waals surface area (Å²) in [5.41, 5.74) is 4.14. The Morgan fingerprint density at radius 3 is 2.19 bits per heavy atom. The highest BCUT2D eigenvalue weighted by Gasteiger charge is 2.02. The second-order valence-electron chi connectivity index (χ2n) is 6.47. The highest BCUT2D eigenvalue weighted by molar-refractivity contribution is 5.74. The molecule has 2 aromatic carbocycles. The average Bonchev–Trinajstić information content (AvgIpc) is 2.73. The number of aliphatic hydroxyl groups is 1. The molecule has 148 valence electrons. The average molecular weight is 370 g/mol. The van der Waals surface area contributed by atoms with E-state index in [-0.39, 0.29) is 6.61 Å². The van der Waals surface area contributed by atoms with E-state index in [1.165, 1.54) is 19.3 Å². The topological polar surface area (TPSA) is 41.5 Å². The van der Waals surface area contributed by atoms with Crippen molar-refractivity contribution in [2.75, 3.05) is 19.0 Å². The summed E-state index contributed by atoms with van der Waals surface area (Å²) < 4.78 is 5.49. The largest absolute Gasteiger partial charge is 0.496 e. The molecule has 3 heteroatoms. The summed E-state index contributed by atoms with van der Waals surface area (Å²) in [6, 6.07) is 14.0. The smallest absolute Gasteiger partial charge is 0.128 e. The molecule has 0 saturated heterocycles. The quantitative estimate of drug-likeness (QED) is 0.398. The van der Waals surface area contributed by atoms with Crippen molar-refractivity contribution in [3.8, 4) is 5.75 Å². The first-order valence-corrected chi connectivity index (χ1v) is 9.98. The molecule has 2 aromatic rings. The van der Waals surface area contributed by atoms with Crippen molar-refractivity contribution >= 4 is 17.8 Å². The molecule has 0 spiro atoms. The molecule has 2 N–H and O–H groups in total. The van der Waals surface area contributed by atoms with Crippen molar-refractivity contribution < 1.29 is 9.84 Å². The zero-order chi connectivity index (χ0) is 19.9. The minimum Gasteiger partial charge on any atom is -0.496 e. The van der Waals surface area contributed by atoms with Crippen LogP contribution in [0.1, 0.15) is 63.1 Å². The Bertz CT molecular complexity index is 661. The van der Waals surface area contributed by atoms with E-state index < -0.39 is 0 Å². The maximum atomic E-state index is 9.07. The van der Waals surface area contributed by atoms with Gasteiger partial charge in [0.1, 0.15) is 5.75 Å². The molecule has 0 amide bonds. The molecule has 27 heavy (non-hydrogen) atoms. The van der Waals surface area contributed by atoms with Crippen LogP contribution in [0.5, 0.6) is 5.75 Å². The molecule has 0 atom stereocenters. The second-order valence-corrected chi connectivity index (χ2v) is 6.47. The van der Waals surface area contributed by atoms with Gasteiger partial charge in [-0.05, 0) is 29.7 Å². The van der Waals surface area contributed by atoms with Gasteiger partial charge in [-0.25, -0.2) is 0 Å². The normalized spacial score (nSPS) is 10.4. The second kappa shape index (κ2) is 13.9. The molecule has 0 saturated carbocycles. The zero-order valence-corrected chi connectivity index (χ0v) is 17.3. The van der Waals surface area contributed by atoms with E-state index in [9.17, 15) is 0 Å². The minimum atomic E-state index is 0.0737. The van der Waals surface area contributed by atoms with Gasteiger partial charge in [-0.2, -0.15) is 0 Å². The first-order chi connectivity index (χ1) is 13.2. The van der Waals surface area contributed by atoms with E-state index >= 15 is 0 Å². The summed E-state index contributed by atoms with van der Waals surface area (Å²) in [6.07, 6.45) is 9.07. The van der Waals surface area contributed by atoms with E-state index in [2.05, 4.69) is 38.2 Å². The molecule has 0 aliphatic rings. The molecule has 2 rings (SSSR count). The molecule has 3 nitrogen and oxygen atoms in total. The molecular formula is C24H35NO2. The lowest BCUT2D eigenvalue weighted by molar-refractivity contribution is 0.282. The third-order valence-corrected chi connectivity index (χ3v) is 4.21. The van der Waals surface area contributed by atoms with Crippen LogP contribution < -0.4 is 10.1 Å². The predicted molar refractivity (Wildman–Crippen MR) is 118 cm³/mol. The molecule has 0 aliphatic carbocycles. The zero-order valence-electron chi connectivity index (χ0n) is 17.3. The van der Waals surface area contributed by atoms with Crippen LogP contribution in [0.25, 0.3) is 12.2 Å². The van der Waals surface area contributed by atoms with Crippen LogP contribution in [0.4, 0.5) is 5.69 Å². The van der Waals surface area contributed by atoms with Crippen LogP contribution in [0.15, 0.2) is 42.5 Å². The van der Waals surface area contributed by atoms with Crippen molar-refractivity contribution in [1.82, 2.24) is 0 Å². The van der Waals surface area contributed by atoms with Gasteiger partial charge in [0.2, 0.25) is 0 Å². The van der Waals surface area contributed by atoms with Crippen molar-refractivity contribution in [3.05, 3.63) is 59.2 Å². The van der Waals surface area contributed by atoms with Gasteiger partial charge in [0, 0.05) is 23.9 Å². The number of rotatable bonds is 9. The number of hydrogen-bond acceptors (Lipinski definition) is 3. The van der Waals surface area contributed by atoms with Crippen LogP contribution >= 0.6 is 0 Å². The Morgan fingerprint density at radius 1 is 0.926 bits per heavy atom. The number of aliphatic hydroxyl groups excluding tert-OH is 1. The molecule has 0 aliphatic heterocycles. The molecule has 0 unspecified atom stereocenters. The third kappa shape index (κ3) is 8.78. The van der Waals surface area contributed by atoms with Gasteiger partial charge < -0.3 is 15.2 Å². The van der Waals surface area contributed by atoms with Crippen LogP contribution in [-0.4, -0.2) is 18.8 Å². The number of ether oxygens (including phenoxy) is 1. The van der Waals surface area contributed by atoms with Gasteiger partial charge in [0.15, 0.2) is 0 Å². The van der Waals surface area contributed by atoms with E-state index in [0.717, 1.165) is 41.1 Å². The van der Waals surface area contributed by atoms with Gasteiger partial charge in [-0.15, -0.1) is 0 Å². The Kier molecular flexibility index (Phi) is 11.7. The van der Waals surface area contributed by atoms with Gasteiger partial charge in [0.05, 0.1) is 13.7 Å². The lowest BCUT2D eigenvalue weighted by Crippen LogP contribution is -2.01. The number of hydrogen-bond donors (Lipinski definition) is 2. The fraction of sp³-hybridized carbons (Fsp3) is 0.417. The Morgan fingerprint density at radius 2 is 1.63 bits per heavy atom. The van der Waals surface area contributed by atoms with Crippen LogP contribution in [0.3, 0.4) is 0 Å². The fourth-order valence-corrected chi connectivity index (χ4v) is 2.29. The summed E-state index contributed by atoms with van der Waals surface area (Å²) in [7, 11) is 1.69. The van der Waals surface area contributed by atoms with Gasteiger partial charge in [0.25, 0.3) is 0 Å². The Hall–Kier alpha value is -2.26. The Balaban J connectivity index is 0.000000828. The van der Waals surface area contributed by atoms with Gasteiger partial charge >= 0.3 is 0 Å². The molecule has 0 heterocycles. The minimum absolute atomic E-state index is 0.0737. The van der Waals surface area contributed by atoms with E-state index in [1.807, 2.05) is 42.5 Å².